The van der Waals surface area contributed by atoms with E-state index in [9.17, 15) is 9.90 Å². The monoisotopic (exact) mass is 307 g/mol. The van der Waals surface area contributed by atoms with Crippen molar-refractivity contribution >= 4 is 17.9 Å². The lowest BCUT2D eigenvalue weighted by molar-refractivity contribution is 0.0701. The second-order valence-electron chi connectivity index (χ2n) is 4.68. The second kappa shape index (κ2) is 6.62. The molecule has 0 aliphatic heterocycles. The Kier molecular flexibility index (Phi) is 4.20. The van der Waals surface area contributed by atoms with Crippen molar-refractivity contribution in [3.8, 4) is 11.5 Å². The number of hydrogen-bond acceptors (Lipinski definition) is 5. The molecule has 1 heterocycles. The van der Waals surface area contributed by atoms with Gasteiger partial charge in [0, 0.05) is 6.21 Å². The minimum absolute atomic E-state index is 0.118. The molecular weight excluding hydrogens is 294 g/mol. The van der Waals surface area contributed by atoms with Crippen molar-refractivity contribution in [2.45, 2.75) is 0 Å². The topological polar surface area (TPSA) is 72.0 Å². The summed E-state index contributed by atoms with van der Waals surface area (Å²) in [6, 6.07) is 16.8. The highest BCUT2D eigenvalue weighted by molar-refractivity contribution is 5.88. The van der Waals surface area contributed by atoms with Crippen LogP contribution in [0.15, 0.2) is 76.3 Å². The Balaban J connectivity index is 1.68. The van der Waals surface area contributed by atoms with Crippen molar-refractivity contribution in [2.75, 3.05) is 0 Å². The fraction of sp³-hybridized carbons (Fsp3) is 0. The number of aliphatic imine (C=N–C) groups is 1. The van der Waals surface area contributed by atoms with Crippen LogP contribution >= 0.6 is 0 Å². The smallest absolute Gasteiger partial charge is 0.379 e. The highest BCUT2D eigenvalue weighted by atomic mass is 16.5. The molecule has 0 saturated heterocycles. The molecule has 1 N–H and O–H groups in total. The number of carbonyl (C=O) groups excluding carboxylic acids is 1. The molecule has 0 bridgehead atoms. The van der Waals surface area contributed by atoms with E-state index in [0.29, 0.717) is 11.4 Å². The summed E-state index contributed by atoms with van der Waals surface area (Å²) < 4.78 is 10.1. The molecule has 0 aliphatic rings. The third-order valence-corrected chi connectivity index (χ3v) is 3.05. The standard InChI is InChI=1S/C18H13NO4/c20-16-5-2-1-4-15(16)19-12-13-7-9-14(10-8-13)23-18(21)17-6-3-11-22-17/h1-12,20H. The zero-order valence-electron chi connectivity index (χ0n) is 12.0. The summed E-state index contributed by atoms with van der Waals surface area (Å²) in [6.45, 7) is 0. The van der Waals surface area contributed by atoms with Gasteiger partial charge >= 0.3 is 5.97 Å². The first-order valence-corrected chi connectivity index (χ1v) is 6.90. The summed E-state index contributed by atoms with van der Waals surface area (Å²) in [5.41, 5.74) is 1.30. The molecule has 0 aliphatic carbocycles. The molecular formula is C18H13NO4. The molecule has 0 unspecified atom stereocenters. The number of aromatic hydroxyl groups is 1. The molecule has 3 rings (SSSR count). The van der Waals surface area contributed by atoms with Crippen molar-refractivity contribution in [3.05, 3.63) is 78.3 Å². The zero-order valence-corrected chi connectivity index (χ0v) is 12.0. The number of phenols is 1. The predicted octanol–water partition coefficient (Wildman–Crippen LogP) is 3.96. The number of ether oxygens (including phenoxy) is 1. The molecule has 0 amide bonds. The van der Waals surface area contributed by atoms with Gasteiger partial charge in [0.25, 0.3) is 0 Å². The number of rotatable bonds is 4. The Morgan fingerprint density at radius 3 is 2.52 bits per heavy atom. The minimum Gasteiger partial charge on any atom is -0.506 e. The van der Waals surface area contributed by atoms with Crippen molar-refractivity contribution in [1.29, 1.82) is 0 Å². The van der Waals surface area contributed by atoms with Crippen LogP contribution in [0.3, 0.4) is 0 Å². The SMILES string of the molecule is O=C(Oc1ccc(C=Nc2ccccc2O)cc1)c1ccco1. The average molecular weight is 307 g/mol. The predicted molar refractivity (Wildman–Crippen MR) is 85.5 cm³/mol. The van der Waals surface area contributed by atoms with E-state index in [-0.39, 0.29) is 11.5 Å². The lowest BCUT2D eigenvalue weighted by Gasteiger charge is -2.02. The summed E-state index contributed by atoms with van der Waals surface area (Å²) in [7, 11) is 0. The first kappa shape index (κ1) is 14.6. The maximum Gasteiger partial charge on any atom is 0.379 e. The van der Waals surface area contributed by atoms with Gasteiger partial charge in [0.15, 0.2) is 0 Å². The molecule has 5 nitrogen and oxygen atoms in total. The fourth-order valence-corrected chi connectivity index (χ4v) is 1.89. The highest BCUT2D eigenvalue weighted by Crippen LogP contribution is 2.24. The van der Waals surface area contributed by atoms with Crippen molar-refractivity contribution < 1.29 is 19.1 Å². The largest absolute Gasteiger partial charge is 0.506 e. The molecule has 3 aromatic rings. The molecule has 0 spiro atoms. The molecule has 0 fully saturated rings. The fourth-order valence-electron chi connectivity index (χ4n) is 1.89. The van der Waals surface area contributed by atoms with E-state index in [1.165, 1.54) is 12.3 Å². The normalized spacial score (nSPS) is 10.8. The number of esters is 1. The van der Waals surface area contributed by atoms with Gasteiger partial charge in [0.2, 0.25) is 5.76 Å². The number of nitrogens with zero attached hydrogens (tertiary/aromatic N) is 1. The number of para-hydroxylation sites is 2. The summed E-state index contributed by atoms with van der Waals surface area (Å²) in [5, 5.41) is 9.64. The zero-order chi connectivity index (χ0) is 16.1. The number of carbonyl (C=O) groups is 1. The Bertz CT molecular complexity index is 820. The number of phenolic OH excluding ortho intramolecular Hbond substituents is 1. The van der Waals surface area contributed by atoms with Crippen LogP contribution in [0.2, 0.25) is 0 Å². The quantitative estimate of drug-likeness (QED) is 0.450. The molecule has 0 saturated carbocycles. The van der Waals surface area contributed by atoms with Gasteiger partial charge in [0.1, 0.15) is 17.2 Å². The van der Waals surface area contributed by atoms with E-state index in [1.807, 2.05) is 0 Å². The Morgan fingerprint density at radius 1 is 1.04 bits per heavy atom. The highest BCUT2D eigenvalue weighted by Gasteiger charge is 2.10. The Morgan fingerprint density at radius 2 is 1.83 bits per heavy atom. The molecule has 23 heavy (non-hydrogen) atoms. The second-order valence-corrected chi connectivity index (χ2v) is 4.68. The third-order valence-electron chi connectivity index (χ3n) is 3.05. The minimum atomic E-state index is -0.550. The van der Waals surface area contributed by atoms with Gasteiger partial charge < -0.3 is 14.3 Å². The molecule has 1 aromatic heterocycles. The van der Waals surface area contributed by atoms with E-state index in [2.05, 4.69) is 4.99 Å². The van der Waals surface area contributed by atoms with Crippen molar-refractivity contribution in [3.63, 3.8) is 0 Å². The Hall–Kier alpha value is -3.34. The van der Waals surface area contributed by atoms with Crippen LogP contribution < -0.4 is 4.74 Å². The summed E-state index contributed by atoms with van der Waals surface area (Å²) >= 11 is 0. The molecule has 0 radical (unpaired) electrons. The van der Waals surface area contributed by atoms with E-state index in [1.54, 1.807) is 60.8 Å². The third kappa shape index (κ3) is 3.65. The van der Waals surface area contributed by atoms with E-state index in [0.717, 1.165) is 5.56 Å². The summed E-state index contributed by atoms with van der Waals surface area (Å²) in [6.07, 6.45) is 3.03. The van der Waals surface area contributed by atoms with Gasteiger partial charge in [-0.3, -0.25) is 4.99 Å². The van der Waals surface area contributed by atoms with Crippen LogP contribution in [0.1, 0.15) is 16.1 Å². The van der Waals surface area contributed by atoms with Gasteiger partial charge in [0.05, 0.1) is 6.26 Å². The van der Waals surface area contributed by atoms with Gasteiger partial charge in [-0.15, -0.1) is 0 Å². The summed E-state index contributed by atoms with van der Waals surface area (Å²) in [4.78, 5) is 15.9. The molecule has 5 heteroatoms. The van der Waals surface area contributed by atoms with Crippen LogP contribution in [-0.2, 0) is 0 Å². The van der Waals surface area contributed by atoms with Gasteiger partial charge in [-0.25, -0.2) is 4.79 Å². The van der Waals surface area contributed by atoms with Crippen LogP contribution in [0.4, 0.5) is 5.69 Å². The van der Waals surface area contributed by atoms with Gasteiger partial charge in [-0.2, -0.15) is 0 Å². The van der Waals surface area contributed by atoms with Gasteiger partial charge in [-0.05, 0) is 54.1 Å². The van der Waals surface area contributed by atoms with Gasteiger partial charge in [-0.1, -0.05) is 12.1 Å². The van der Waals surface area contributed by atoms with Crippen LogP contribution in [0.25, 0.3) is 0 Å². The lowest BCUT2D eigenvalue weighted by atomic mass is 10.2. The molecule has 114 valence electrons. The van der Waals surface area contributed by atoms with Crippen LogP contribution in [0, 0.1) is 0 Å². The van der Waals surface area contributed by atoms with E-state index >= 15 is 0 Å². The number of furan rings is 1. The van der Waals surface area contributed by atoms with E-state index in [4.69, 9.17) is 9.15 Å². The van der Waals surface area contributed by atoms with Crippen LogP contribution in [-0.4, -0.2) is 17.3 Å². The van der Waals surface area contributed by atoms with Crippen LogP contribution in [0.5, 0.6) is 11.5 Å². The average Bonchev–Trinajstić information content (AvgIpc) is 3.10. The maximum atomic E-state index is 11.7. The number of hydrogen-bond donors (Lipinski definition) is 1. The van der Waals surface area contributed by atoms with Crippen molar-refractivity contribution in [1.82, 2.24) is 0 Å². The molecule has 2 aromatic carbocycles. The first-order chi connectivity index (χ1) is 11.2. The van der Waals surface area contributed by atoms with Crippen molar-refractivity contribution in [2.24, 2.45) is 4.99 Å². The first-order valence-electron chi connectivity index (χ1n) is 6.90. The molecule has 0 atom stereocenters. The Labute approximate surface area is 132 Å². The maximum absolute atomic E-state index is 11.7. The lowest BCUT2D eigenvalue weighted by Crippen LogP contribution is -2.06. The summed E-state index contributed by atoms with van der Waals surface area (Å²) in [5.74, 6) is 0.125. The van der Waals surface area contributed by atoms with E-state index < -0.39 is 5.97 Å². The number of benzene rings is 2.